The van der Waals surface area contributed by atoms with Crippen molar-refractivity contribution in [3.8, 4) is 0 Å². The zero-order valence-electron chi connectivity index (χ0n) is 16.2. The molecule has 2 heterocycles. The number of hydrogen-bond donors (Lipinski definition) is 0. The fourth-order valence-electron chi connectivity index (χ4n) is 3.55. The molecule has 1 fully saturated rings. The smallest absolute Gasteiger partial charge is 0.262 e. The molecular weight excluding hydrogens is 389 g/mol. The average Bonchev–Trinajstić information content (AvgIpc) is 3.26. The van der Waals surface area contributed by atoms with Crippen LogP contribution in [0.15, 0.2) is 58.5 Å². The molecule has 1 aliphatic rings. The summed E-state index contributed by atoms with van der Waals surface area (Å²) >= 11 is 1.30. The molecule has 1 atom stereocenters. The highest BCUT2D eigenvalue weighted by Crippen LogP contribution is 2.25. The van der Waals surface area contributed by atoms with Crippen molar-refractivity contribution in [1.29, 1.82) is 0 Å². The maximum Gasteiger partial charge on any atom is 0.262 e. The van der Waals surface area contributed by atoms with Gasteiger partial charge in [0.05, 0.1) is 22.7 Å². The van der Waals surface area contributed by atoms with Crippen LogP contribution >= 0.6 is 11.8 Å². The largest absolute Gasteiger partial charge is 0.342 e. The summed E-state index contributed by atoms with van der Waals surface area (Å²) in [5.74, 6) is -0.250. The minimum atomic E-state index is -0.347. The van der Waals surface area contributed by atoms with Crippen LogP contribution in [-0.2, 0) is 11.3 Å². The number of likely N-dealkylation sites (tertiary alicyclic amines) is 1. The first-order chi connectivity index (χ1) is 14.0. The van der Waals surface area contributed by atoms with E-state index < -0.39 is 0 Å². The summed E-state index contributed by atoms with van der Waals surface area (Å²) in [4.78, 5) is 32.5. The number of thioether (sulfide) groups is 1. The number of nitrogens with zero attached hydrogens (tertiary/aromatic N) is 3. The third kappa shape index (κ3) is 4.19. The molecule has 0 spiro atoms. The van der Waals surface area contributed by atoms with E-state index in [0.29, 0.717) is 16.1 Å². The van der Waals surface area contributed by atoms with Crippen LogP contribution in [0.3, 0.4) is 0 Å². The van der Waals surface area contributed by atoms with Crippen LogP contribution in [0, 0.1) is 5.82 Å². The molecule has 0 saturated carbocycles. The first-order valence-electron chi connectivity index (χ1n) is 9.72. The molecule has 0 bridgehead atoms. The van der Waals surface area contributed by atoms with Gasteiger partial charge in [-0.25, -0.2) is 9.37 Å². The van der Waals surface area contributed by atoms with Gasteiger partial charge < -0.3 is 4.90 Å². The van der Waals surface area contributed by atoms with E-state index in [4.69, 9.17) is 0 Å². The second kappa shape index (κ2) is 8.37. The van der Waals surface area contributed by atoms with Crippen LogP contribution in [0.25, 0.3) is 10.9 Å². The fourth-order valence-corrected chi connectivity index (χ4v) is 4.54. The quantitative estimate of drug-likeness (QED) is 0.475. The number of para-hydroxylation sites is 1. The van der Waals surface area contributed by atoms with Crippen LogP contribution in [0.2, 0.25) is 0 Å². The summed E-state index contributed by atoms with van der Waals surface area (Å²) in [5.41, 5.74) is 1.24. The van der Waals surface area contributed by atoms with Crippen molar-refractivity contribution in [3.05, 3.63) is 70.3 Å². The van der Waals surface area contributed by atoms with Crippen molar-refractivity contribution in [2.24, 2.45) is 0 Å². The number of halogens is 1. The number of rotatable bonds is 5. The van der Waals surface area contributed by atoms with Gasteiger partial charge in [0.1, 0.15) is 5.82 Å². The topological polar surface area (TPSA) is 55.2 Å². The monoisotopic (exact) mass is 411 g/mol. The lowest BCUT2D eigenvalue weighted by atomic mass is 10.2. The SMILES string of the molecule is C[C@@H](Sc1nc2ccccc2c(=O)n1Cc1ccc(F)cc1)C(=O)N1CCCC1. The second-order valence-corrected chi connectivity index (χ2v) is 8.53. The number of fused-ring (bicyclic) bond motifs is 1. The third-order valence-electron chi connectivity index (χ3n) is 5.13. The highest BCUT2D eigenvalue weighted by atomic mass is 32.2. The van der Waals surface area contributed by atoms with Crippen molar-refractivity contribution in [1.82, 2.24) is 14.5 Å². The van der Waals surface area contributed by atoms with Crippen LogP contribution in [0.4, 0.5) is 4.39 Å². The number of carbonyl (C=O) groups excluding carboxylic acids is 1. The summed E-state index contributed by atoms with van der Waals surface area (Å²) in [6.07, 6.45) is 2.07. The Morgan fingerprint density at radius 2 is 1.83 bits per heavy atom. The zero-order chi connectivity index (χ0) is 20.4. The van der Waals surface area contributed by atoms with Gasteiger partial charge in [-0.05, 0) is 49.6 Å². The third-order valence-corrected chi connectivity index (χ3v) is 6.21. The standard InChI is InChI=1S/C22H22FN3O2S/c1-15(20(27)25-12-4-5-13-25)29-22-24-19-7-3-2-6-18(19)21(28)26(22)14-16-8-10-17(23)11-9-16/h2-3,6-11,15H,4-5,12-14H2,1H3/t15-/m1/s1. The van der Waals surface area contributed by atoms with E-state index in [2.05, 4.69) is 4.98 Å². The van der Waals surface area contributed by atoms with Gasteiger partial charge in [-0.15, -0.1) is 0 Å². The number of aromatic nitrogens is 2. The Balaban J connectivity index is 1.71. The lowest BCUT2D eigenvalue weighted by Gasteiger charge is -2.21. The highest BCUT2D eigenvalue weighted by molar-refractivity contribution is 8.00. The molecule has 0 N–H and O–H groups in total. The molecule has 4 rings (SSSR count). The Morgan fingerprint density at radius 1 is 1.14 bits per heavy atom. The highest BCUT2D eigenvalue weighted by Gasteiger charge is 2.25. The molecule has 5 nitrogen and oxygen atoms in total. The van der Waals surface area contributed by atoms with Gasteiger partial charge in [-0.1, -0.05) is 36.0 Å². The molecule has 1 saturated heterocycles. The van der Waals surface area contributed by atoms with Gasteiger partial charge in [-0.3, -0.25) is 14.2 Å². The van der Waals surface area contributed by atoms with Crippen LogP contribution < -0.4 is 5.56 Å². The number of carbonyl (C=O) groups is 1. The lowest BCUT2D eigenvalue weighted by Crippen LogP contribution is -2.34. The molecule has 3 aromatic rings. The summed E-state index contributed by atoms with van der Waals surface area (Å²) in [6, 6.07) is 13.3. The van der Waals surface area contributed by atoms with Gasteiger partial charge in [0.2, 0.25) is 5.91 Å². The van der Waals surface area contributed by atoms with Crippen LogP contribution in [0.1, 0.15) is 25.3 Å². The molecule has 1 aromatic heterocycles. The van der Waals surface area contributed by atoms with E-state index >= 15 is 0 Å². The van der Waals surface area contributed by atoms with Crippen LogP contribution in [0.5, 0.6) is 0 Å². The minimum absolute atomic E-state index is 0.0724. The maximum absolute atomic E-state index is 13.3. The molecule has 0 unspecified atom stereocenters. The summed E-state index contributed by atoms with van der Waals surface area (Å²) in [5, 5.41) is 0.677. The average molecular weight is 412 g/mol. The molecule has 29 heavy (non-hydrogen) atoms. The Labute approximate surface area is 172 Å². The van der Waals surface area contributed by atoms with Gasteiger partial charge in [0.25, 0.3) is 5.56 Å². The maximum atomic E-state index is 13.3. The van der Waals surface area contributed by atoms with E-state index in [0.717, 1.165) is 31.5 Å². The van der Waals surface area contributed by atoms with Crippen molar-refractivity contribution in [3.63, 3.8) is 0 Å². The summed E-state index contributed by atoms with van der Waals surface area (Å²) < 4.78 is 14.9. The fraction of sp³-hybridized carbons (Fsp3) is 0.318. The Morgan fingerprint density at radius 3 is 2.55 bits per heavy atom. The van der Waals surface area contributed by atoms with Crippen molar-refractivity contribution in [2.45, 2.75) is 36.7 Å². The first kappa shape index (κ1) is 19.6. The van der Waals surface area contributed by atoms with Gasteiger partial charge in [0, 0.05) is 13.1 Å². The van der Waals surface area contributed by atoms with E-state index in [-0.39, 0.29) is 29.1 Å². The predicted molar refractivity (Wildman–Crippen MR) is 113 cm³/mol. The second-order valence-electron chi connectivity index (χ2n) is 7.22. The molecule has 150 valence electrons. The molecule has 0 aliphatic carbocycles. The van der Waals surface area contributed by atoms with Gasteiger partial charge >= 0.3 is 0 Å². The predicted octanol–water partition coefficient (Wildman–Crippen LogP) is 3.69. The number of benzene rings is 2. The van der Waals surface area contributed by atoms with E-state index in [1.165, 1.54) is 23.9 Å². The molecule has 1 aliphatic heterocycles. The van der Waals surface area contributed by atoms with E-state index in [1.807, 2.05) is 17.9 Å². The van der Waals surface area contributed by atoms with E-state index in [9.17, 15) is 14.0 Å². The van der Waals surface area contributed by atoms with Gasteiger partial charge in [-0.2, -0.15) is 0 Å². The minimum Gasteiger partial charge on any atom is -0.342 e. The molecular formula is C22H22FN3O2S. The Kier molecular flexibility index (Phi) is 5.67. The molecule has 1 amide bonds. The Hall–Kier alpha value is -2.67. The summed E-state index contributed by atoms with van der Waals surface area (Å²) in [7, 11) is 0. The van der Waals surface area contributed by atoms with Gasteiger partial charge in [0.15, 0.2) is 5.16 Å². The number of hydrogen-bond acceptors (Lipinski definition) is 4. The number of amides is 1. The zero-order valence-corrected chi connectivity index (χ0v) is 17.0. The van der Waals surface area contributed by atoms with E-state index in [1.54, 1.807) is 34.9 Å². The molecule has 0 radical (unpaired) electrons. The Bertz CT molecular complexity index is 1090. The molecule has 7 heteroatoms. The first-order valence-corrected chi connectivity index (χ1v) is 10.6. The summed E-state index contributed by atoms with van der Waals surface area (Å²) in [6.45, 7) is 3.70. The normalized spacial score (nSPS) is 15.0. The van der Waals surface area contributed by atoms with Crippen LogP contribution in [-0.4, -0.2) is 38.7 Å². The van der Waals surface area contributed by atoms with Crippen molar-refractivity contribution >= 4 is 28.6 Å². The van der Waals surface area contributed by atoms with Crippen molar-refractivity contribution < 1.29 is 9.18 Å². The molecule has 2 aromatic carbocycles. The van der Waals surface area contributed by atoms with Crippen molar-refractivity contribution in [2.75, 3.05) is 13.1 Å². The lowest BCUT2D eigenvalue weighted by molar-refractivity contribution is -0.129.